The highest BCUT2D eigenvalue weighted by Crippen LogP contribution is 2.02. The van der Waals surface area contributed by atoms with Crippen molar-refractivity contribution in [2.45, 2.75) is 19.1 Å². The van der Waals surface area contributed by atoms with Gasteiger partial charge in [-0.25, -0.2) is 4.79 Å². The Bertz CT molecular complexity index is 430. The van der Waals surface area contributed by atoms with Crippen LogP contribution in [0.5, 0.6) is 0 Å². The van der Waals surface area contributed by atoms with Crippen LogP contribution < -0.4 is 5.32 Å². The molecule has 3 N–H and O–H groups in total. The second-order valence-electron chi connectivity index (χ2n) is 3.98. The van der Waals surface area contributed by atoms with Crippen molar-refractivity contribution in [3.63, 3.8) is 0 Å². The molecule has 0 bridgehead atoms. The molecule has 1 aromatic rings. The molecule has 1 heterocycles. The Labute approximate surface area is 110 Å². The van der Waals surface area contributed by atoms with Crippen LogP contribution in [-0.4, -0.2) is 53.0 Å². The summed E-state index contributed by atoms with van der Waals surface area (Å²) in [5, 5.41) is 20.1. The van der Waals surface area contributed by atoms with Crippen molar-refractivity contribution in [3.8, 4) is 0 Å². The van der Waals surface area contributed by atoms with Gasteiger partial charge in [-0.2, -0.15) is 0 Å². The molecule has 19 heavy (non-hydrogen) atoms. The minimum Gasteiger partial charge on any atom is -0.479 e. The first-order chi connectivity index (χ1) is 9.06. The molecule has 7 nitrogen and oxygen atoms in total. The molecule has 0 saturated heterocycles. The summed E-state index contributed by atoms with van der Waals surface area (Å²) in [4.78, 5) is 22.2. The fourth-order valence-electron chi connectivity index (χ4n) is 1.54. The fraction of sp³-hybridized carbons (Fsp3) is 0.500. The van der Waals surface area contributed by atoms with Crippen molar-refractivity contribution in [1.82, 2.24) is 9.88 Å². The number of carboxylic acid groups (broad SMARTS) is 1. The number of nitrogens with zero attached hydrogens (tertiary/aromatic N) is 1. The van der Waals surface area contributed by atoms with Gasteiger partial charge in [0.05, 0.1) is 6.61 Å². The first kappa shape index (κ1) is 15.2. The van der Waals surface area contributed by atoms with Gasteiger partial charge in [-0.3, -0.25) is 4.79 Å². The minimum atomic E-state index is -1.46. The number of aliphatic hydroxyl groups excluding tert-OH is 1. The summed E-state index contributed by atoms with van der Waals surface area (Å²) in [6, 6.07) is 3.41. The number of ether oxygens (including phenoxy) is 1. The van der Waals surface area contributed by atoms with E-state index in [4.69, 9.17) is 14.9 Å². The van der Waals surface area contributed by atoms with Crippen molar-refractivity contribution in [3.05, 3.63) is 24.0 Å². The second kappa shape index (κ2) is 7.55. The highest BCUT2D eigenvalue weighted by atomic mass is 16.5. The molecule has 1 amide bonds. The predicted octanol–water partition coefficient (Wildman–Crippen LogP) is -0.300. The summed E-state index contributed by atoms with van der Waals surface area (Å²) in [5.74, 6) is -1.60. The van der Waals surface area contributed by atoms with Gasteiger partial charge < -0.3 is 24.8 Å². The topological polar surface area (TPSA) is 101 Å². The zero-order chi connectivity index (χ0) is 14.3. The molecule has 0 aliphatic carbocycles. The van der Waals surface area contributed by atoms with Crippen LogP contribution in [0.1, 0.15) is 16.9 Å². The van der Waals surface area contributed by atoms with Crippen LogP contribution >= 0.6 is 0 Å². The Hall–Kier alpha value is -1.86. The van der Waals surface area contributed by atoms with E-state index in [2.05, 4.69) is 5.32 Å². The number of aromatic nitrogens is 1. The Morgan fingerprint density at radius 3 is 2.89 bits per heavy atom. The number of hydrogen-bond donors (Lipinski definition) is 3. The Morgan fingerprint density at radius 2 is 2.26 bits per heavy atom. The number of carbonyl (C=O) groups is 2. The highest BCUT2D eigenvalue weighted by Gasteiger charge is 2.14. The SMILES string of the molecule is COCCn1cccc1C(=O)NCCC(O)C(=O)O. The summed E-state index contributed by atoms with van der Waals surface area (Å²) >= 11 is 0. The van der Waals surface area contributed by atoms with E-state index in [0.717, 1.165) is 0 Å². The first-order valence-corrected chi connectivity index (χ1v) is 5.89. The molecule has 0 saturated carbocycles. The smallest absolute Gasteiger partial charge is 0.332 e. The van der Waals surface area contributed by atoms with Crippen LogP contribution in [0.4, 0.5) is 0 Å². The third-order valence-corrected chi connectivity index (χ3v) is 2.59. The summed E-state index contributed by atoms with van der Waals surface area (Å²) in [6.45, 7) is 1.15. The van der Waals surface area contributed by atoms with E-state index < -0.39 is 12.1 Å². The molecule has 0 aromatic carbocycles. The molecular weight excluding hydrogens is 252 g/mol. The van der Waals surface area contributed by atoms with Crippen molar-refractivity contribution in [2.75, 3.05) is 20.3 Å². The van der Waals surface area contributed by atoms with Gasteiger partial charge in [0.1, 0.15) is 5.69 Å². The molecule has 1 atom stereocenters. The minimum absolute atomic E-state index is 0.0279. The van der Waals surface area contributed by atoms with Gasteiger partial charge >= 0.3 is 5.97 Å². The maximum atomic E-state index is 11.8. The number of rotatable bonds is 8. The van der Waals surface area contributed by atoms with E-state index in [-0.39, 0.29) is 18.9 Å². The maximum absolute atomic E-state index is 11.8. The van der Waals surface area contributed by atoms with E-state index >= 15 is 0 Å². The summed E-state index contributed by atoms with van der Waals surface area (Å²) < 4.78 is 6.68. The van der Waals surface area contributed by atoms with Gasteiger partial charge in [0.2, 0.25) is 0 Å². The predicted molar refractivity (Wildman–Crippen MR) is 66.9 cm³/mol. The number of hydrogen-bond acceptors (Lipinski definition) is 4. The molecule has 0 fully saturated rings. The largest absolute Gasteiger partial charge is 0.479 e. The number of carboxylic acids is 1. The molecule has 7 heteroatoms. The number of carbonyl (C=O) groups excluding carboxylic acids is 1. The molecule has 1 rings (SSSR count). The summed E-state index contributed by atoms with van der Waals surface area (Å²) in [7, 11) is 1.58. The van der Waals surface area contributed by atoms with Crippen LogP contribution in [0.25, 0.3) is 0 Å². The Kier molecular flexibility index (Phi) is 6.04. The van der Waals surface area contributed by atoms with Gasteiger partial charge in [-0.15, -0.1) is 0 Å². The van der Waals surface area contributed by atoms with E-state index in [9.17, 15) is 9.59 Å². The lowest BCUT2D eigenvalue weighted by Crippen LogP contribution is -2.31. The summed E-state index contributed by atoms with van der Waals surface area (Å²) in [6.07, 6.45) is 0.278. The van der Waals surface area contributed by atoms with Gasteiger partial charge in [0.15, 0.2) is 6.10 Å². The van der Waals surface area contributed by atoms with Crippen LogP contribution in [-0.2, 0) is 16.1 Å². The molecular formula is C12H18N2O5. The lowest BCUT2D eigenvalue weighted by molar-refractivity contribution is -0.146. The zero-order valence-electron chi connectivity index (χ0n) is 10.7. The number of aliphatic hydroxyl groups is 1. The lowest BCUT2D eigenvalue weighted by atomic mass is 10.2. The lowest BCUT2D eigenvalue weighted by Gasteiger charge is -2.10. The highest BCUT2D eigenvalue weighted by molar-refractivity contribution is 5.92. The van der Waals surface area contributed by atoms with Crippen molar-refractivity contribution >= 4 is 11.9 Å². The molecule has 0 spiro atoms. The number of amides is 1. The van der Waals surface area contributed by atoms with Crippen LogP contribution in [0.2, 0.25) is 0 Å². The Morgan fingerprint density at radius 1 is 1.53 bits per heavy atom. The number of nitrogens with one attached hydrogen (secondary N) is 1. The van der Waals surface area contributed by atoms with Gasteiger partial charge in [0.25, 0.3) is 5.91 Å². The number of aliphatic carboxylic acids is 1. The fourth-order valence-corrected chi connectivity index (χ4v) is 1.54. The van der Waals surface area contributed by atoms with E-state index in [1.165, 1.54) is 0 Å². The molecule has 1 unspecified atom stereocenters. The molecule has 1 aromatic heterocycles. The maximum Gasteiger partial charge on any atom is 0.332 e. The average Bonchev–Trinajstić information content (AvgIpc) is 2.84. The monoisotopic (exact) mass is 270 g/mol. The second-order valence-corrected chi connectivity index (χ2v) is 3.98. The Balaban J connectivity index is 2.45. The van der Waals surface area contributed by atoms with Crippen LogP contribution in [0.15, 0.2) is 18.3 Å². The first-order valence-electron chi connectivity index (χ1n) is 5.89. The van der Waals surface area contributed by atoms with Gasteiger partial charge in [0, 0.05) is 32.8 Å². The van der Waals surface area contributed by atoms with Crippen molar-refractivity contribution in [2.24, 2.45) is 0 Å². The standard InChI is InChI=1S/C12H18N2O5/c1-19-8-7-14-6-2-3-9(14)11(16)13-5-4-10(15)12(17)18/h2-3,6,10,15H,4-5,7-8H2,1H3,(H,13,16)(H,17,18). The molecule has 0 aliphatic rings. The van der Waals surface area contributed by atoms with Crippen LogP contribution in [0, 0.1) is 0 Å². The van der Waals surface area contributed by atoms with E-state index in [0.29, 0.717) is 18.8 Å². The quantitative estimate of drug-likeness (QED) is 0.602. The summed E-state index contributed by atoms with van der Waals surface area (Å²) in [5.41, 5.74) is 0.474. The average molecular weight is 270 g/mol. The number of methoxy groups -OCH3 is 1. The third-order valence-electron chi connectivity index (χ3n) is 2.59. The molecule has 0 aliphatic heterocycles. The van der Waals surface area contributed by atoms with Gasteiger partial charge in [-0.05, 0) is 12.1 Å². The van der Waals surface area contributed by atoms with Crippen LogP contribution in [0.3, 0.4) is 0 Å². The molecule has 0 radical (unpaired) electrons. The van der Waals surface area contributed by atoms with E-state index in [1.54, 1.807) is 30.0 Å². The third kappa shape index (κ3) is 4.72. The zero-order valence-corrected chi connectivity index (χ0v) is 10.7. The van der Waals surface area contributed by atoms with Crippen molar-refractivity contribution < 1.29 is 24.5 Å². The van der Waals surface area contributed by atoms with Gasteiger partial charge in [-0.1, -0.05) is 0 Å². The molecule has 106 valence electrons. The van der Waals surface area contributed by atoms with E-state index in [1.807, 2.05) is 0 Å². The normalized spacial score (nSPS) is 12.1. The van der Waals surface area contributed by atoms with Crippen molar-refractivity contribution in [1.29, 1.82) is 0 Å².